The van der Waals surface area contributed by atoms with Crippen LogP contribution in [0.25, 0.3) is 0 Å². The van der Waals surface area contributed by atoms with Crippen LogP contribution < -0.4 is 5.73 Å². The molecule has 4 heteroatoms. The van der Waals surface area contributed by atoms with Crippen LogP contribution in [0.5, 0.6) is 0 Å². The van der Waals surface area contributed by atoms with Crippen LogP contribution in [-0.2, 0) is 4.74 Å². The average molecular weight is 228 g/mol. The molecule has 1 rings (SSSR count). The van der Waals surface area contributed by atoms with Gasteiger partial charge in [0.2, 0.25) is 0 Å². The maximum Gasteiger partial charge on any atom is 0.409 e. The highest BCUT2D eigenvalue weighted by molar-refractivity contribution is 5.67. The molecule has 0 radical (unpaired) electrons. The lowest BCUT2D eigenvalue weighted by Gasteiger charge is -2.34. The summed E-state index contributed by atoms with van der Waals surface area (Å²) in [5.41, 5.74) is 5.57. The number of carbonyl (C=O) groups excluding carboxylic acids is 1. The molecule has 0 saturated carbocycles. The second kappa shape index (κ2) is 6.74. The summed E-state index contributed by atoms with van der Waals surface area (Å²) in [6.07, 6.45) is 3.09. The molecule has 0 aromatic carbocycles. The Balaban J connectivity index is 2.30. The predicted molar refractivity (Wildman–Crippen MR) is 64.2 cm³/mol. The van der Waals surface area contributed by atoms with Gasteiger partial charge in [-0.25, -0.2) is 4.79 Å². The van der Waals surface area contributed by atoms with Crippen molar-refractivity contribution in [2.75, 3.05) is 26.2 Å². The Kier molecular flexibility index (Phi) is 5.60. The number of hydrogen-bond donors (Lipinski definition) is 1. The monoisotopic (exact) mass is 228 g/mol. The standard InChI is InChI=1S/C12H24N2O2/c1-3-16-12(15)14-8-5-11(6-9-14)10(2)4-7-13/h10-11H,3-9,13H2,1-2H3. The van der Waals surface area contributed by atoms with Crippen molar-refractivity contribution >= 4 is 6.09 Å². The Morgan fingerprint density at radius 1 is 1.50 bits per heavy atom. The van der Waals surface area contributed by atoms with E-state index in [0.717, 1.165) is 38.9 Å². The van der Waals surface area contributed by atoms with Crippen molar-refractivity contribution in [3.05, 3.63) is 0 Å². The van der Waals surface area contributed by atoms with Crippen LogP contribution >= 0.6 is 0 Å². The highest BCUT2D eigenvalue weighted by Gasteiger charge is 2.26. The number of carbonyl (C=O) groups is 1. The molecule has 0 bridgehead atoms. The van der Waals surface area contributed by atoms with Crippen molar-refractivity contribution in [1.29, 1.82) is 0 Å². The summed E-state index contributed by atoms with van der Waals surface area (Å²) >= 11 is 0. The first kappa shape index (κ1) is 13.3. The van der Waals surface area contributed by atoms with Crippen LogP contribution in [0.15, 0.2) is 0 Å². The third kappa shape index (κ3) is 3.67. The summed E-state index contributed by atoms with van der Waals surface area (Å²) in [5, 5.41) is 0. The van der Waals surface area contributed by atoms with E-state index >= 15 is 0 Å². The minimum absolute atomic E-state index is 0.160. The number of nitrogens with zero attached hydrogens (tertiary/aromatic N) is 1. The van der Waals surface area contributed by atoms with Gasteiger partial charge in [-0.2, -0.15) is 0 Å². The summed E-state index contributed by atoms with van der Waals surface area (Å²) in [6.45, 7) is 6.99. The molecule has 0 aromatic rings. The normalized spacial score (nSPS) is 19.6. The lowest BCUT2D eigenvalue weighted by atomic mass is 9.84. The van der Waals surface area contributed by atoms with Gasteiger partial charge in [-0.3, -0.25) is 0 Å². The van der Waals surface area contributed by atoms with Gasteiger partial charge in [-0.1, -0.05) is 6.92 Å². The third-order valence-corrected chi connectivity index (χ3v) is 3.49. The Hall–Kier alpha value is -0.770. The van der Waals surface area contributed by atoms with Gasteiger partial charge in [0.1, 0.15) is 0 Å². The van der Waals surface area contributed by atoms with Crippen molar-refractivity contribution in [3.63, 3.8) is 0 Å². The molecule has 94 valence electrons. The van der Waals surface area contributed by atoms with E-state index in [1.807, 2.05) is 11.8 Å². The summed E-state index contributed by atoms with van der Waals surface area (Å²) in [6, 6.07) is 0. The predicted octanol–water partition coefficient (Wildman–Crippen LogP) is 1.84. The van der Waals surface area contributed by atoms with E-state index < -0.39 is 0 Å². The first-order valence-electron chi connectivity index (χ1n) is 6.30. The molecular weight excluding hydrogens is 204 g/mol. The van der Waals surface area contributed by atoms with E-state index in [0.29, 0.717) is 18.4 Å². The molecule has 16 heavy (non-hydrogen) atoms. The van der Waals surface area contributed by atoms with Crippen LogP contribution in [0.3, 0.4) is 0 Å². The van der Waals surface area contributed by atoms with Crippen LogP contribution in [0.1, 0.15) is 33.1 Å². The van der Waals surface area contributed by atoms with E-state index in [9.17, 15) is 4.79 Å². The van der Waals surface area contributed by atoms with Gasteiger partial charge in [-0.05, 0) is 44.6 Å². The van der Waals surface area contributed by atoms with E-state index in [2.05, 4.69) is 6.92 Å². The minimum Gasteiger partial charge on any atom is -0.450 e. The molecule has 1 saturated heterocycles. The molecule has 1 unspecified atom stereocenters. The van der Waals surface area contributed by atoms with Crippen LogP contribution in [0.2, 0.25) is 0 Å². The smallest absolute Gasteiger partial charge is 0.409 e. The number of nitrogens with two attached hydrogens (primary N) is 1. The minimum atomic E-state index is -0.160. The largest absolute Gasteiger partial charge is 0.450 e. The molecule has 1 atom stereocenters. The van der Waals surface area contributed by atoms with Crippen LogP contribution in [0.4, 0.5) is 4.79 Å². The van der Waals surface area contributed by atoms with Crippen molar-refractivity contribution in [2.45, 2.75) is 33.1 Å². The third-order valence-electron chi connectivity index (χ3n) is 3.49. The zero-order valence-electron chi connectivity index (χ0n) is 10.4. The summed E-state index contributed by atoms with van der Waals surface area (Å²) in [7, 11) is 0. The molecule has 1 aliphatic rings. The first-order chi connectivity index (χ1) is 7.69. The molecule has 4 nitrogen and oxygen atoms in total. The van der Waals surface area contributed by atoms with E-state index in [1.54, 1.807) is 0 Å². The summed E-state index contributed by atoms with van der Waals surface area (Å²) in [5.74, 6) is 1.39. The zero-order valence-corrected chi connectivity index (χ0v) is 10.4. The fourth-order valence-corrected chi connectivity index (χ4v) is 2.36. The van der Waals surface area contributed by atoms with Gasteiger partial charge >= 0.3 is 6.09 Å². The zero-order chi connectivity index (χ0) is 12.0. The van der Waals surface area contributed by atoms with Crippen molar-refractivity contribution < 1.29 is 9.53 Å². The number of piperidine rings is 1. The molecule has 0 aromatic heterocycles. The van der Waals surface area contributed by atoms with Crippen molar-refractivity contribution in [2.24, 2.45) is 17.6 Å². The number of ether oxygens (including phenoxy) is 1. The fourth-order valence-electron chi connectivity index (χ4n) is 2.36. The Labute approximate surface area is 98.1 Å². The van der Waals surface area contributed by atoms with Crippen molar-refractivity contribution in [3.8, 4) is 0 Å². The molecule has 0 spiro atoms. The molecule has 1 aliphatic heterocycles. The topological polar surface area (TPSA) is 55.6 Å². The number of hydrogen-bond acceptors (Lipinski definition) is 3. The fraction of sp³-hybridized carbons (Fsp3) is 0.917. The summed E-state index contributed by atoms with van der Waals surface area (Å²) < 4.78 is 4.99. The highest BCUT2D eigenvalue weighted by atomic mass is 16.6. The molecule has 1 amide bonds. The molecule has 1 heterocycles. The molecular formula is C12H24N2O2. The van der Waals surface area contributed by atoms with E-state index in [-0.39, 0.29) is 6.09 Å². The van der Waals surface area contributed by atoms with Gasteiger partial charge < -0.3 is 15.4 Å². The van der Waals surface area contributed by atoms with E-state index in [4.69, 9.17) is 10.5 Å². The Morgan fingerprint density at radius 3 is 2.62 bits per heavy atom. The first-order valence-corrected chi connectivity index (χ1v) is 6.30. The highest BCUT2D eigenvalue weighted by Crippen LogP contribution is 2.26. The van der Waals surface area contributed by atoms with E-state index in [1.165, 1.54) is 0 Å². The Bertz CT molecular complexity index is 213. The number of rotatable bonds is 4. The van der Waals surface area contributed by atoms with Crippen LogP contribution in [0, 0.1) is 11.8 Å². The number of amides is 1. The summed E-state index contributed by atoms with van der Waals surface area (Å²) in [4.78, 5) is 13.3. The van der Waals surface area contributed by atoms with Gasteiger partial charge in [-0.15, -0.1) is 0 Å². The SMILES string of the molecule is CCOC(=O)N1CCC(C(C)CCN)CC1. The van der Waals surface area contributed by atoms with Crippen LogP contribution in [-0.4, -0.2) is 37.2 Å². The lowest BCUT2D eigenvalue weighted by molar-refractivity contribution is 0.0848. The maximum atomic E-state index is 11.5. The molecule has 0 aliphatic carbocycles. The van der Waals surface area contributed by atoms with Gasteiger partial charge in [0.05, 0.1) is 6.61 Å². The van der Waals surface area contributed by atoms with Crippen molar-refractivity contribution in [1.82, 2.24) is 4.90 Å². The number of likely N-dealkylation sites (tertiary alicyclic amines) is 1. The quantitative estimate of drug-likeness (QED) is 0.798. The molecule has 1 fully saturated rings. The Morgan fingerprint density at radius 2 is 2.12 bits per heavy atom. The van der Waals surface area contributed by atoms with Gasteiger partial charge in [0.15, 0.2) is 0 Å². The maximum absolute atomic E-state index is 11.5. The lowest BCUT2D eigenvalue weighted by Crippen LogP contribution is -2.40. The second-order valence-corrected chi connectivity index (χ2v) is 4.58. The molecule has 2 N–H and O–H groups in total. The van der Waals surface area contributed by atoms with Gasteiger partial charge in [0, 0.05) is 13.1 Å². The average Bonchev–Trinajstić information content (AvgIpc) is 2.30. The second-order valence-electron chi connectivity index (χ2n) is 4.58. The van der Waals surface area contributed by atoms with Gasteiger partial charge in [0.25, 0.3) is 0 Å².